The Morgan fingerprint density at radius 1 is 0.971 bits per heavy atom. The number of nitrogens with zero attached hydrogens (tertiary/aromatic N) is 1. The molecule has 1 fully saturated rings. The normalized spacial score (nSPS) is 17.8. The standard InChI is InChI=1S/C27H26F3NO3/c28-27(29,30)22-10-6-9-21(17-22)25(31-16-5-4-11-24(31)26(32)33)20-12-14-23(15-13-20)34-18-19-7-2-1-3-8-19/h1-3,6-10,12-15,17,24-25H,4-5,11,16,18H2,(H,32,33). The van der Waals surface area contributed by atoms with Crippen molar-refractivity contribution in [2.75, 3.05) is 6.54 Å². The molecule has 1 saturated heterocycles. The Hall–Kier alpha value is -3.32. The molecular weight excluding hydrogens is 443 g/mol. The van der Waals surface area contributed by atoms with Crippen LogP contribution in [0.4, 0.5) is 13.2 Å². The summed E-state index contributed by atoms with van der Waals surface area (Å²) in [4.78, 5) is 13.8. The number of alkyl halides is 3. The molecule has 1 aliphatic heterocycles. The summed E-state index contributed by atoms with van der Waals surface area (Å²) in [5.41, 5.74) is 1.41. The Bertz CT molecular complexity index is 1100. The molecule has 3 aromatic carbocycles. The summed E-state index contributed by atoms with van der Waals surface area (Å²) in [6, 6.07) is 20.7. The molecule has 1 aliphatic rings. The molecule has 34 heavy (non-hydrogen) atoms. The lowest BCUT2D eigenvalue weighted by Gasteiger charge is -2.39. The Labute approximate surface area is 196 Å². The highest BCUT2D eigenvalue weighted by atomic mass is 19.4. The van der Waals surface area contributed by atoms with Crippen molar-refractivity contribution in [1.82, 2.24) is 4.90 Å². The third-order valence-electron chi connectivity index (χ3n) is 6.13. The number of carboxylic acids is 1. The molecule has 3 aromatic rings. The van der Waals surface area contributed by atoms with E-state index in [9.17, 15) is 23.1 Å². The smallest absolute Gasteiger partial charge is 0.416 e. The van der Waals surface area contributed by atoms with Crippen molar-refractivity contribution in [3.05, 3.63) is 101 Å². The number of likely N-dealkylation sites (tertiary alicyclic amines) is 1. The van der Waals surface area contributed by atoms with Crippen LogP contribution in [0.3, 0.4) is 0 Å². The highest BCUT2D eigenvalue weighted by Gasteiger charge is 2.37. The first-order valence-corrected chi connectivity index (χ1v) is 11.3. The van der Waals surface area contributed by atoms with E-state index in [2.05, 4.69) is 0 Å². The molecule has 0 aliphatic carbocycles. The van der Waals surface area contributed by atoms with Crippen LogP contribution in [-0.4, -0.2) is 28.6 Å². The summed E-state index contributed by atoms with van der Waals surface area (Å²) < 4.78 is 46.1. The number of aliphatic carboxylic acids is 1. The second-order valence-electron chi connectivity index (χ2n) is 8.46. The van der Waals surface area contributed by atoms with Gasteiger partial charge in [0.05, 0.1) is 11.6 Å². The van der Waals surface area contributed by atoms with Crippen molar-refractivity contribution in [3.8, 4) is 5.75 Å². The van der Waals surface area contributed by atoms with Crippen LogP contribution in [-0.2, 0) is 17.6 Å². The summed E-state index contributed by atoms with van der Waals surface area (Å²) in [7, 11) is 0. The largest absolute Gasteiger partial charge is 0.489 e. The Morgan fingerprint density at radius 3 is 2.38 bits per heavy atom. The Balaban J connectivity index is 1.66. The Morgan fingerprint density at radius 2 is 1.71 bits per heavy atom. The number of hydrogen-bond acceptors (Lipinski definition) is 3. The molecule has 1 N–H and O–H groups in total. The van der Waals surface area contributed by atoms with Crippen molar-refractivity contribution >= 4 is 5.97 Å². The van der Waals surface area contributed by atoms with E-state index in [1.54, 1.807) is 35.2 Å². The number of carboxylic acid groups (broad SMARTS) is 1. The van der Waals surface area contributed by atoms with Gasteiger partial charge in [-0.1, -0.05) is 61.0 Å². The van der Waals surface area contributed by atoms with Gasteiger partial charge in [0.2, 0.25) is 0 Å². The quantitative estimate of drug-likeness (QED) is 0.440. The summed E-state index contributed by atoms with van der Waals surface area (Å²) in [6.07, 6.45) is -2.46. The molecule has 4 rings (SSSR count). The first kappa shape index (κ1) is 23.8. The van der Waals surface area contributed by atoms with E-state index in [1.807, 2.05) is 30.3 Å². The highest BCUT2D eigenvalue weighted by Crippen LogP contribution is 2.37. The molecule has 7 heteroatoms. The maximum atomic E-state index is 13.4. The van der Waals surface area contributed by atoms with Crippen LogP contribution in [0.15, 0.2) is 78.9 Å². The van der Waals surface area contributed by atoms with Gasteiger partial charge < -0.3 is 9.84 Å². The van der Waals surface area contributed by atoms with Gasteiger partial charge in [0.25, 0.3) is 0 Å². The predicted molar refractivity (Wildman–Crippen MR) is 122 cm³/mol. The second kappa shape index (κ2) is 10.3. The van der Waals surface area contributed by atoms with E-state index >= 15 is 0 Å². The first-order valence-electron chi connectivity index (χ1n) is 11.3. The molecule has 0 aromatic heterocycles. The van der Waals surface area contributed by atoms with E-state index in [1.165, 1.54) is 6.07 Å². The third kappa shape index (κ3) is 5.59. The zero-order chi connectivity index (χ0) is 24.1. The monoisotopic (exact) mass is 469 g/mol. The average Bonchev–Trinajstić information content (AvgIpc) is 2.84. The molecule has 2 unspecified atom stereocenters. The topological polar surface area (TPSA) is 49.8 Å². The van der Waals surface area contributed by atoms with E-state index in [4.69, 9.17) is 4.74 Å². The molecule has 0 radical (unpaired) electrons. The number of rotatable bonds is 7. The lowest BCUT2D eigenvalue weighted by Crippen LogP contribution is -2.46. The van der Waals surface area contributed by atoms with E-state index in [-0.39, 0.29) is 0 Å². The predicted octanol–water partition coefficient (Wildman–Crippen LogP) is 6.31. The molecule has 0 bridgehead atoms. The van der Waals surface area contributed by atoms with Crippen LogP contribution >= 0.6 is 0 Å². The average molecular weight is 470 g/mol. The molecule has 4 nitrogen and oxygen atoms in total. The SMILES string of the molecule is O=C(O)C1CCCCN1C(c1ccc(OCc2ccccc2)cc1)c1cccc(C(F)(F)F)c1. The summed E-state index contributed by atoms with van der Waals surface area (Å²) in [5.74, 6) is -0.330. The number of carbonyl (C=O) groups is 1. The van der Waals surface area contributed by atoms with Crippen molar-refractivity contribution < 1.29 is 27.8 Å². The highest BCUT2D eigenvalue weighted by molar-refractivity contribution is 5.73. The Kier molecular flexibility index (Phi) is 7.22. The fourth-order valence-corrected chi connectivity index (χ4v) is 4.48. The maximum absolute atomic E-state index is 13.4. The van der Waals surface area contributed by atoms with E-state index in [0.29, 0.717) is 30.9 Å². The molecule has 0 amide bonds. The molecule has 1 heterocycles. The second-order valence-corrected chi connectivity index (χ2v) is 8.46. The van der Waals surface area contributed by atoms with Crippen LogP contribution in [0.25, 0.3) is 0 Å². The van der Waals surface area contributed by atoms with Crippen molar-refractivity contribution in [1.29, 1.82) is 0 Å². The summed E-state index contributed by atoms with van der Waals surface area (Å²) in [5, 5.41) is 9.82. The van der Waals surface area contributed by atoms with Gasteiger partial charge in [0.15, 0.2) is 0 Å². The van der Waals surface area contributed by atoms with Gasteiger partial charge in [-0.15, -0.1) is 0 Å². The maximum Gasteiger partial charge on any atom is 0.416 e. The summed E-state index contributed by atoms with van der Waals surface area (Å²) in [6.45, 7) is 0.884. The van der Waals surface area contributed by atoms with Crippen LogP contribution in [0.2, 0.25) is 0 Å². The minimum absolute atomic E-state index is 0.393. The van der Waals surface area contributed by atoms with E-state index < -0.39 is 29.8 Å². The van der Waals surface area contributed by atoms with Crippen molar-refractivity contribution in [3.63, 3.8) is 0 Å². The van der Waals surface area contributed by atoms with Gasteiger partial charge in [-0.2, -0.15) is 13.2 Å². The van der Waals surface area contributed by atoms with Crippen LogP contribution < -0.4 is 4.74 Å². The van der Waals surface area contributed by atoms with Gasteiger partial charge in [-0.3, -0.25) is 9.69 Å². The lowest BCUT2D eigenvalue weighted by atomic mass is 9.91. The zero-order valence-electron chi connectivity index (χ0n) is 18.5. The molecule has 2 atom stereocenters. The molecule has 0 spiro atoms. The van der Waals surface area contributed by atoms with Gasteiger partial charge in [0.1, 0.15) is 18.4 Å². The van der Waals surface area contributed by atoms with Gasteiger partial charge in [-0.05, 0) is 60.3 Å². The zero-order valence-corrected chi connectivity index (χ0v) is 18.5. The number of hydrogen-bond donors (Lipinski definition) is 1. The fourth-order valence-electron chi connectivity index (χ4n) is 4.48. The molecular formula is C27H26F3NO3. The van der Waals surface area contributed by atoms with Gasteiger partial charge in [-0.25, -0.2) is 0 Å². The summed E-state index contributed by atoms with van der Waals surface area (Å²) >= 11 is 0. The molecule has 0 saturated carbocycles. The van der Waals surface area contributed by atoms with E-state index in [0.717, 1.165) is 36.1 Å². The number of halogens is 3. The first-order chi connectivity index (χ1) is 16.3. The van der Waals surface area contributed by atoms with Crippen LogP contribution in [0.1, 0.15) is 47.6 Å². The van der Waals surface area contributed by atoms with Crippen LogP contribution in [0, 0.1) is 0 Å². The third-order valence-corrected chi connectivity index (χ3v) is 6.13. The van der Waals surface area contributed by atoms with Gasteiger partial charge >= 0.3 is 12.1 Å². The van der Waals surface area contributed by atoms with Crippen molar-refractivity contribution in [2.45, 2.75) is 44.1 Å². The number of benzene rings is 3. The fraction of sp³-hybridized carbons (Fsp3) is 0.296. The van der Waals surface area contributed by atoms with Crippen LogP contribution in [0.5, 0.6) is 5.75 Å². The van der Waals surface area contributed by atoms with Gasteiger partial charge in [0, 0.05) is 0 Å². The minimum atomic E-state index is -4.48. The minimum Gasteiger partial charge on any atom is -0.489 e. The number of piperidine rings is 1. The number of ether oxygens (including phenoxy) is 1. The lowest BCUT2D eigenvalue weighted by molar-refractivity contribution is -0.145. The molecule has 178 valence electrons. The van der Waals surface area contributed by atoms with Crippen molar-refractivity contribution in [2.24, 2.45) is 0 Å².